The second kappa shape index (κ2) is 4.61. The third-order valence-electron chi connectivity index (χ3n) is 3.50. The number of aromatic nitrogens is 4. The van der Waals surface area contributed by atoms with Crippen molar-refractivity contribution in [2.24, 2.45) is 0 Å². The topological polar surface area (TPSA) is 114 Å². The summed E-state index contributed by atoms with van der Waals surface area (Å²) in [4.78, 5) is 11.9. The van der Waals surface area contributed by atoms with Gasteiger partial charge in [-0.2, -0.15) is 0 Å². The lowest BCUT2D eigenvalue weighted by Gasteiger charge is -2.27. The Morgan fingerprint density at radius 3 is 2.85 bits per heavy atom. The van der Waals surface area contributed by atoms with Gasteiger partial charge in [-0.3, -0.25) is 4.57 Å². The van der Waals surface area contributed by atoms with Crippen LogP contribution in [0.25, 0.3) is 11.2 Å². The zero-order valence-electron chi connectivity index (χ0n) is 10.5. The maximum atomic E-state index is 10.4. The Balaban J connectivity index is 2.10. The molecular formula is C11H13ClN4O4. The molecule has 20 heavy (non-hydrogen) atoms. The highest BCUT2D eigenvalue weighted by atomic mass is 35.5. The number of nitrogens with zero attached hydrogens (tertiary/aromatic N) is 4. The lowest BCUT2D eigenvalue weighted by atomic mass is 9.96. The van der Waals surface area contributed by atoms with E-state index < -0.39 is 30.6 Å². The summed E-state index contributed by atoms with van der Waals surface area (Å²) in [5.74, 6) is 0. The average molecular weight is 301 g/mol. The molecule has 3 N–H and O–H groups in total. The fraction of sp³-hybridized carbons (Fsp3) is 0.545. The quantitative estimate of drug-likeness (QED) is 0.640. The molecule has 0 aromatic carbocycles. The standard InChI is InChI=1S/C11H13ClN4O4/c1-11(19)7(18)5(2-17)20-10(11)16-4-15-6-8(12)13-3-14-9(6)16/h3-5,7,10,17-19H,2H2,1H3/t5-,7-,10+,11?/m1/s1. The van der Waals surface area contributed by atoms with Gasteiger partial charge in [-0.1, -0.05) is 11.6 Å². The summed E-state index contributed by atoms with van der Waals surface area (Å²) in [6, 6.07) is 0. The van der Waals surface area contributed by atoms with E-state index in [4.69, 9.17) is 16.3 Å². The molecule has 1 unspecified atom stereocenters. The van der Waals surface area contributed by atoms with Gasteiger partial charge in [-0.25, -0.2) is 15.0 Å². The summed E-state index contributed by atoms with van der Waals surface area (Å²) in [6.45, 7) is 1.02. The minimum Gasteiger partial charge on any atom is -0.394 e. The highest BCUT2D eigenvalue weighted by Crippen LogP contribution is 2.39. The van der Waals surface area contributed by atoms with Crippen LogP contribution in [0.15, 0.2) is 12.7 Å². The minimum absolute atomic E-state index is 0.186. The van der Waals surface area contributed by atoms with Crippen LogP contribution >= 0.6 is 11.6 Å². The Morgan fingerprint density at radius 2 is 2.20 bits per heavy atom. The Hall–Kier alpha value is -1.32. The van der Waals surface area contributed by atoms with Crippen molar-refractivity contribution in [3.05, 3.63) is 17.8 Å². The van der Waals surface area contributed by atoms with Crippen molar-refractivity contribution in [3.8, 4) is 0 Å². The summed E-state index contributed by atoms with van der Waals surface area (Å²) in [5, 5.41) is 29.8. The number of hydrogen-bond donors (Lipinski definition) is 3. The van der Waals surface area contributed by atoms with Crippen LogP contribution in [-0.4, -0.2) is 59.3 Å². The van der Waals surface area contributed by atoms with Crippen molar-refractivity contribution in [1.29, 1.82) is 0 Å². The molecule has 3 rings (SSSR count). The molecule has 8 nitrogen and oxygen atoms in total. The van der Waals surface area contributed by atoms with E-state index in [0.717, 1.165) is 0 Å². The predicted octanol–water partition coefficient (Wildman–Crippen LogP) is -0.519. The average Bonchev–Trinajstić information content (AvgIpc) is 2.92. The van der Waals surface area contributed by atoms with Gasteiger partial charge in [-0.15, -0.1) is 0 Å². The number of rotatable bonds is 2. The van der Waals surface area contributed by atoms with Gasteiger partial charge in [-0.05, 0) is 6.92 Å². The smallest absolute Gasteiger partial charge is 0.168 e. The van der Waals surface area contributed by atoms with Gasteiger partial charge in [0.25, 0.3) is 0 Å². The van der Waals surface area contributed by atoms with Crippen molar-refractivity contribution in [2.45, 2.75) is 31.0 Å². The third-order valence-corrected chi connectivity index (χ3v) is 3.78. The van der Waals surface area contributed by atoms with E-state index in [1.54, 1.807) is 0 Å². The number of ether oxygens (including phenoxy) is 1. The third kappa shape index (κ3) is 1.80. The van der Waals surface area contributed by atoms with Crippen molar-refractivity contribution in [2.75, 3.05) is 6.61 Å². The zero-order valence-corrected chi connectivity index (χ0v) is 11.3. The fourth-order valence-electron chi connectivity index (χ4n) is 2.39. The SMILES string of the molecule is CC1(O)[C@H](O)[C@@H](CO)O[C@@H]1n1cnc2c(Cl)ncnc21. The Morgan fingerprint density at radius 1 is 1.45 bits per heavy atom. The number of aliphatic hydroxyl groups is 3. The maximum absolute atomic E-state index is 10.4. The number of fused-ring (bicyclic) bond motifs is 1. The van der Waals surface area contributed by atoms with Crippen molar-refractivity contribution in [1.82, 2.24) is 19.5 Å². The van der Waals surface area contributed by atoms with Crippen LogP contribution in [0.3, 0.4) is 0 Å². The first-order valence-electron chi connectivity index (χ1n) is 5.96. The van der Waals surface area contributed by atoms with Crippen LogP contribution in [0.2, 0.25) is 5.15 Å². The second-order valence-corrected chi connectivity index (χ2v) is 5.23. The van der Waals surface area contributed by atoms with Crippen LogP contribution in [0.4, 0.5) is 0 Å². The number of aliphatic hydroxyl groups excluding tert-OH is 2. The molecule has 1 aliphatic rings. The lowest BCUT2D eigenvalue weighted by Crippen LogP contribution is -2.44. The lowest BCUT2D eigenvalue weighted by molar-refractivity contribution is -0.0950. The molecule has 1 saturated heterocycles. The van der Waals surface area contributed by atoms with E-state index in [0.29, 0.717) is 11.2 Å². The van der Waals surface area contributed by atoms with Crippen LogP contribution in [0.1, 0.15) is 13.2 Å². The fourth-order valence-corrected chi connectivity index (χ4v) is 2.56. The zero-order chi connectivity index (χ0) is 14.5. The Labute approximate surface area is 118 Å². The summed E-state index contributed by atoms with van der Waals surface area (Å²) >= 11 is 5.91. The largest absolute Gasteiger partial charge is 0.394 e. The second-order valence-electron chi connectivity index (χ2n) is 4.87. The van der Waals surface area contributed by atoms with Crippen molar-refractivity contribution >= 4 is 22.8 Å². The van der Waals surface area contributed by atoms with Crippen LogP contribution in [-0.2, 0) is 4.74 Å². The van der Waals surface area contributed by atoms with E-state index in [-0.39, 0.29) is 5.15 Å². The van der Waals surface area contributed by atoms with Crippen LogP contribution < -0.4 is 0 Å². The van der Waals surface area contributed by atoms with E-state index in [1.165, 1.54) is 24.1 Å². The normalized spacial score (nSPS) is 34.0. The summed E-state index contributed by atoms with van der Waals surface area (Å²) in [5.41, 5.74) is -0.852. The predicted molar refractivity (Wildman–Crippen MR) is 68.0 cm³/mol. The van der Waals surface area contributed by atoms with Crippen molar-refractivity contribution in [3.63, 3.8) is 0 Å². The van der Waals surface area contributed by atoms with Gasteiger partial charge in [0.2, 0.25) is 0 Å². The van der Waals surface area contributed by atoms with E-state index in [2.05, 4.69) is 15.0 Å². The summed E-state index contributed by atoms with van der Waals surface area (Å²) in [7, 11) is 0. The number of halogens is 1. The molecule has 0 spiro atoms. The molecular weight excluding hydrogens is 288 g/mol. The number of hydrogen-bond acceptors (Lipinski definition) is 7. The highest BCUT2D eigenvalue weighted by molar-refractivity contribution is 6.33. The Kier molecular flexibility index (Phi) is 3.14. The molecule has 0 radical (unpaired) electrons. The van der Waals surface area contributed by atoms with Gasteiger partial charge in [0.15, 0.2) is 17.0 Å². The first-order valence-corrected chi connectivity index (χ1v) is 6.34. The van der Waals surface area contributed by atoms with E-state index >= 15 is 0 Å². The van der Waals surface area contributed by atoms with Crippen molar-refractivity contribution < 1.29 is 20.1 Å². The molecule has 0 amide bonds. The van der Waals surface area contributed by atoms with Gasteiger partial charge < -0.3 is 20.1 Å². The van der Waals surface area contributed by atoms with E-state index in [9.17, 15) is 15.3 Å². The molecule has 0 aliphatic carbocycles. The highest BCUT2D eigenvalue weighted by Gasteiger charge is 2.53. The van der Waals surface area contributed by atoms with Crippen LogP contribution in [0.5, 0.6) is 0 Å². The summed E-state index contributed by atoms with van der Waals surface area (Å²) in [6.07, 6.45) is -0.383. The molecule has 0 bridgehead atoms. The van der Waals surface area contributed by atoms with Gasteiger partial charge in [0, 0.05) is 0 Å². The first kappa shape index (κ1) is 13.7. The monoisotopic (exact) mass is 300 g/mol. The van der Waals surface area contributed by atoms with E-state index in [1.807, 2.05) is 0 Å². The molecule has 2 aromatic rings. The van der Waals surface area contributed by atoms with Crippen LogP contribution in [0, 0.1) is 0 Å². The molecule has 1 aliphatic heterocycles. The minimum atomic E-state index is -1.60. The summed E-state index contributed by atoms with van der Waals surface area (Å²) < 4.78 is 6.96. The van der Waals surface area contributed by atoms with Gasteiger partial charge >= 0.3 is 0 Å². The molecule has 1 fully saturated rings. The maximum Gasteiger partial charge on any atom is 0.168 e. The Bertz CT molecular complexity index is 646. The molecule has 0 saturated carbocycles. The molecule has 9 heteroatoms. The molecule has 4 atom stereocenters. The number of imidazole rings is 1. The molecule has 3 heterocycles. The first-order chi connectivity index (χ1) is 9.46. The van der Waals surface area contributed by atoms with Gasteiger partial charge in [0.1, 0.15) is 29.7 Å². The van der Waals surface area contributed by atoms with Gasteiger partial charge in [0.05, 0.1) is 12.9 Å². The molecule has 108 valence electrons. The molecule has 2 aromatic heterocycles.